The number of allylic oxidation sites excluding steroid dienone is 5. The minimum atomic E-state index is -0.439. The lowest BCUT2D eigenvalue weighted by Crippen LogP contribution is -2.30. The largest absolute Gasteiger partial charge is 0.391 e. The standard InChI is InChI=1S/C12H21NO/c1-3-4-5-6-7-8-9-10-12(14)11(2)13/h4-9,11-12,14H,3,10,13H2,1-2H3/b5-4+,7-6+,9-8+. The van der Waals surface area contributed by atoms with E-state index in [1.807, 2.05) is 30.4 Å². The van der Waals surface area contributed by atoms with Crippen molar-refractivity contribution in [3.05, 3.63) is 36.5 Å². The van der Waals surface area contributed by atoms with E-state index in [4.69, 9.17) is 5.73 Å². The molecule has 0 fully saturated rings. The smallest absolute Gasteiger partial charge is 0.0722 e. The van der Waals surface area contributed by atoms with Crippen LogP contribution in [0.5, 0.6) is 0 Å². The number of aliphatic hydroxyl groups is 1. The van der Waals surface area contributed by atoms with Gasteiger partial charge in [0.2, 0.25) is 0 Å². The first-order chi connectivity index (χ1) is 6.68. The van der Waals surface area contributed by atoms with Gasteiger partial charge in [-0.25, -0.2) is 0 Å². The molecule has 0 aromatic carbocycles. The Bertz CT molecular complexity index is 204. The Labute approximate surface area is 86.8 Å². The van der Waals surface area contributed by atoms with E-state index in [1.54, 1.807) is 6.92 Å². The van der Waals surface area contributed by atoms with Gasteiger partial charge in [-0.05, 0) is 19.8 Å². The Morgan fingerprint density at radius 2 is 1.71 bits per heavy atom. The SMILES string of the molecule is CC/C=C/C=C/C=C/CC(O)C(C)N. The predicted octanol–water partition coefficient (Wildman–Crippen LogP) is 2.16. The van der Waals surface area contributed by atoms with Crippen molar-refractivity contribution in [3.8, 4) is 0 Å². The van der Waals surface area contributed by atoms with Crippen molar-refractivity contribution in [1.82, 2.24) is 0 Å². The highest BCUT2D eigenvalue weighted by Gasteiger charge is 2.05. The van der Waals surface area contributed by atoms with E-state index in [9.17, 15) is 5.11 Å². The highest BCUT2D eigenvalue weighted by molar-refractivity contribution is 5.11. The molecular weight excluding hydrogens is 174 g/mol. The Hall–Kier alpha value is -0.860. The zero-order valence-electron chi connectivity index (χ0n) is 9.06. The molecule has 2 nitrogen and oxygen atoms in total. The van der Waals surface area contributed by atoms with Gasteiger partial charge in [-0.15, -0.1) is 0 Å². The second-order valence-electron chi connectivity index (χ2n) is 3.31. The van der Waals surface area contributed by atoms with Crippen molar-refractivity contribution in [2.45, 2.75) is 38.8 Å². The van der Waals surface area contributed by atoms with Crippen LogP contribution in [0.3, 0.4) is 0 Å². The number of hydrogen-bond donors (Lipinski definition) is 2. The zero-order valence-corrected chi connectivity index (χ0v) is 9.06. The van der Waals surface area contributed by atoms with Gasteiger partial charge in [0.05, 0.1) is 6.10 Å². The van der Waals surface area contributed by atoms with Gasteiger partial charge >= 0.3 is 0 Å². The molecule has 0 aliphatic heterocycles. The molecule has 0 aliphatic carbocycles. The molecule has 2 atom stereocenters. The maximum absolute atomic E-state index is 9.35. The topological polar surface area (TPSA) is 46.2 Å². The summed E-state index contributed by atoms with van der Waals surface area (Å²) >= 11 is 0. The molecule has 0 saturated heterocycles. The molecule has 0 saturated carbocycles. The molecule has 80 valence electrons. The fraction of sp³-hybridized carbons (Fsp3) is 0.500. The van der Waals surface area contributed by atoms with Gasteiger partial charge in [0.25, 0.3) is 0 Å². The lowest BCUT2D eigenvalue weighted by molar-refractivity contribution is 0.154. The minimum absolute atomic E-state index is 0.163. The van der Waals surface area contributed by atoms with Crippen LogP contribution in [-0.2, 0) is 0 Å². The summed E-state index contributed by atoms with van der Waals surface area (Å²) in [5, 5.41) is 9.35. The van der Waals surface area contributed by atoms with E-state index < -0.39 is 6.10 Å². The first-order valence-corrected chi connectivity index (χ1v) is 5.10. The van der Waals surface area contributed by atoms with Crippen molar-refractivity contribution in [1.29, 1.82) is 0 Å². The predicted molar refractivity (Wildman–Crippen MR) is 62.0 cm³/mol. The molecule has 14 heavy (non-hydrogen) atoms. The second kappa shape index (κ2) is 8.73. The fourth-order valence-corrected chi connectivity index (χ4v) is 0.854. The third kappa shape index (κ3) is 7.77. The molecule has 0 spiro atoms. The molecule has 0 aliphatic rings. The summed E-state index contributed by atoms with van der Waals surface area (Å²) in [5.41, 5.74) is 5.50. The summed E-state index contributed by atoms with van der Waals surface area (Å²) in [6.45, 7) is 3.90. The fourth-order valence-electron chi connectivity index (χ4n) is 0.854. The summed E-state index contributed by atoms with van der Waals surface area (Å²) in [7, 11) is 0. The average Bonchev–Trinajstić information content (AvgIpc) is 2.16. The van der Waals surface area contributed by atoms with Crippen LogP contribution in [-0.4, -0.2) is 17.3 Å². The molecule has 2 unspecified atom stereocenters. The molecule has 0 heterocycles. The molecule has 0 bridgehead atoms. The van der Waals surface area contributed by atoms with Gasteiger partial charge in [0.15, 0.2) is 0 Å². The Balaban J connectivity index is 3.63. The molecule has 0 rings (SSSR count). The lowest BCUT2D eigenvalue weighted by Gasteiger charge is -2.10. The van der Waals surface area contributed by atoms with Gasteiger partial charge in [-0.2, -0.15) is 0 Å². The maximum atomic E-state index is 9.35. The normalized spacial score (nSPS) is 17.1. The molecule has 0 radical (unpaired) electrons. The van der Waals surface area contributed by atoms with E-state index >= 15 is 0 Å². The third-order valence-electron chi connectivity index (χ3n) is 1.83. The van der Waals surface area contributed by atoms with Crippen molar-refractivity contribution in [3.63, 3.8) is 0 Å². The van der Waals surface area contributed by atoms with Gasteiger partial charge in [0.1, 0.15) is 0 Å². The molecule has 0 amide bonds. The van der Waals surface area contributed by atoms with Crippen LogP contribution in [0.4, 0.5) is 0 Å². The molecule has 0 aromatic heterocycles. The van der Waals surface area contributed by atoms with E-state index in [0.717, 1.165) is 6.42 Å². The van der Waals surface area contributed by atoms with Crippen molar-refractivity contribution in [2.24, 2.45) is 5.73 Å². The average molecular weight is 195 g/mol. The Morgan fingerprint density at radius 1 is 1.14 bits per heavy atom. The van der Waals surface area contributed by atoms with Gasteiger partial charge in [0, 0.05) is 6.04 Å². The summed E-state index contributed by atoms with van der Waals surface area (Å²) in [6, 6.07) is -0.163. The van der Waals surface area contributed by atoms with Crippen LogP contribution in [0.25, 0.3) is 0 Å². The van der Waals surface area contributed by atoms with E-state index in [0.29, 0.717) is 6.42 Å². The first kappa shape index (κ1) is 13.1. The van der Waals surface area contributed by atoms with E-state index in [-0.39, 0.29) is 6.04 Å². The van der Waals surface area contributed by atoms with E-state index in [1.165, 1.54) is 0 Å². The highest BCUT2D eigenvalue weighted by atomic mass is 16.3. The van der Waals surface area contributed by atoms with Crippen LogP contribution in [0.2, 0.25) is 0 Å². The summed E-state index contributed by atoms with van der Waals surface area (Å²) < 4.78 is 0. The van der Waals surface area contributed by atoms with Crippen molar-refractivity contribution in [2.75, 3.05) is 0 Å². The number of aliphatic hydroxyl groups excluding tert-OH is 1. The van der Waals surface area contributed by atoms with Crippen molar-refractivity contribution < 1.29 is 5.11 Å². The maximum Gasteiger partial charge on any atom is 0.0722 e. The van der Waals surface area contributed by atoms with Crippen molar-refractivity contribution >= 4 is 0 Å². The van der Waals surface area contributed by atoms with Crippen LogP contribution < -0.4 is 5.73 Å². The monoisotopic (exact) mass is 195 g/mol. The Morgan fingerprint density at radius 3 is 2.21 bits per heavy atom. The second-order valence-corrected chi connectivity index (χ2v) is 3.31. The van der Waals surface area contributed by atoms with Gasteiger partial charge in [-0.3, -0.25) is 0 Å². The summed E-state index contributed by atoms with van der Waals surface area (Å²) in [5.74, 6) is 0. The van der Waals surface area contributed by atoms with Crippen LogP contribution >= 0.6 is 0 Å². The molecule has 2 heteroatoms. The number of rotatable bonds is 6. The lowest BCUT2D eigenvalue weighted by atomic mass is 10.1. The highest BCUT2D eigenvalue weighted by Crippen LogP contribution is 1.97. The quantitative estimate of drug-likeness (QED) is 0.638. The van der Waals surface area contributed by atoms with Gasteiger partial charge in [-0.1, -0.05) is 43.4 Å². The zero-order chi connectivity index (χ0) is 10.8. The third-order valence-corrected chi connectivity index (χ3v) is 1.83. The Kier molecular flexibility index (Phi) is 8.19. The first-order valence-electron chi connectivity index (χ1n) is 5.10. The minimum Gasteiger partial charge on any atom is -0.391 e. The van der Waals surface area contributed by atoms with Gasteiger partial charge < -0.3 is 10.8 Å². The number of nitrogens with two attached hydrogens (primary N) is 1. The van der Waals surface area contributed by atoms with Crippen LogP contribution in [0.1, 0.15) is 26.7 Å². The molecular formula is C12H21NO. The van der Waals surface area contributed by atoms with Crippen LogP contribution in [0, 0.1) is 0 Å². The molecule has 0 aromatic rings. The summed E-state index contributed by atoms with van der Waals surface area (Å²) in [4.78, 5) is 0. The van der Waals surface area contributed by atoms with Crippen LogP contribution in [0.15, 0.2) is 36.5 Å². The summed E-state index contributed by atoms with van der Waals surface area (Å²) in [6.07, 6.45) is 13.1. The molecule has 3 N–H and O–H groups in total. The number of hydrogen-bond acceptors (Lipinski definition) is 2. The van der Waals surface area contributed by atoms with E-state index in [2.05, 4.69) is 13.0 Å².